The van der Waals surface area contributed by atoms with Gasteiger partial charge < -0.3 is 14.8 Å². The second-order valence-electron chi connectivity index (χ2n) is 5.12. The maximum Gasteiger partial charge on any atom is 0.123 e. The molecule has 0 aromatic heterocycles. The maximum atomic E-state index is 13.6. The molecule has 0 spiro atoms. The molecule has 2 unspecified atom stereocenters. The Morgan fingerprint density at radius 3 is 2.81 bits per heavy atom. The number of ether oxygens (including phenoxy) is 2. The van der Waals surface area contributed by atoms with E-state index >= 15 is 0 Å². The van der Waals surface area contributed by atoms with Gasteiger partial charge in [-0.15, -0.1) is 0 Å². The molecule has 0 aliphatic carbocycles. The van der Waals surface area contributed by atoms with E-state index in [1.54, 1.807) is 13.2 Å². The van der Waals surface area contributed by atoms with Gasteiger partial charge in [0.25, 0.3) is 0 Å². The number of likely N-dealkylation sites (N-methyl/N-ethyl adjacent to an activating group) is 1. The zero-order chi connectivity index (χ0) is 14.8. The summed E-state index contributed by atoms with van der Waals surface area (Å²) >= 11 is 0. The van der Waals surface area contributed by atoms with Gasteiger partial charge in [-0.05, 0) is 36.9 Å². The molecule has 110 valence electrons. The van der Waals surface area contributed by atoms with Crippen LogP contribution in [0.1, 0.15) is 17.2 Å². The molecule has 0 fully saturated rings. The van der Waals surface area contributed by atoms with Crippen LogP contribution in [-0.2, 0) is 6.42 Å². The van der Waals surface area contributed by atoms with Crippen LogP contribution in [0.15, 0.2) is 42.5 Å². The Morgan fingerprint density at radius 2 is 2.10 bits per heavy atom. The lowest BCUT2D eigenvalue weighted by Crippen LogP contribution is -2.33. The first-order valence-corrected chi connectivity index (χ1v) is 6.98. The zero-order valence-electron chi connectivity index (χ0n) is 12.1. The predicted octanol–water partition coefficient (Wildman–Crippen LogP) is 3.10. The van der Waals surface area contributed by atoms with Crippen molar-refractivity contribution in [3.05, 3.63) is 59.4 Å². The summed E-state index contributed by atoms with van der Waals surface area (Å²) in [5.41, 5.74) is 1.95. The Bertz CT molecular complexity index is 619. The third-order valence-corrected chi connectivity index (χ3v) is 3.88. The fourth-order valence-electron chi connectivity index (χ4n) is 2.88. The zero-order valence-corrected chi connectivity index (χ0v) is 12.1. The van der Waals surface area contributed by atoms with Crippen molar-refractivity contribution in [3.8, 4) is 11.5 Å². The van der Waals surface area contributed by atoms with Crippen LogP contribution in [0.5, 0.6) is 11.5 Å². The number of hydrogen-bond acceptors (Lipinski definition) is 3. The van der Waals surface area contributed by atoms with Crippen molar-refractivity contribution in [3.63, 3.8) is 0 Å². The lowest BCUT2D eigenvalue weighted by Gasteiger charge is -2.25. The van der Waals surface area contributed by atoms with E-state index in [1.165, 1.54) is 17.7 Å². The minimum Gasteiger partial charge on any atom is -0.496 e. The molecule has 3 rings (SSSR count). The van der Waals surface area contributed by atoms with Crippen molar-refractivity contribution in [2.75, 3.05) is 14.2 Å². The van der Waals surface area contributed by atoms with Gasteiger partial charge in [0, 0.05) is 12.0 Å². The maximum absolute atomic E-state index is 13.6. The van der Waals surface area contributed by atoms with Crippen molar-refractivity contribution < 1.29 is 13.9 Å². The molecular formula is C17H18FNO2. The Kier molecular flexibility index (Phi) is 3.80. The van der Waals surface area contributed by atoms with E-state index in [0.29, 0.717) is 5.75 Å². The van der Waals surface area contributed by atoms with E-state index < -0.39 is 0 Å². The highest BCUT2D eigenvalue weighted by Gasteiger charge is 2.32. The molecule has 2 aromatic carbocycles. The predicted molar refractivity (Wildman–Crippen MR) is 79.3 cm³/mol. The molecule has 1 heterocycles. The van der Waals surface area contributed by atoms with E-state index in [2.05, 4.69) is 11.4 Å². The van der Waals surface area contributed by atoms with Crippen molar-refractivity contribution in [1.82, 2.24) is 5.32 Å². The molecule has 2 atom stereocenters. The molecule has 1 aliphatic heterocycles. The molecule has 21 heavy (non-hydrogen) atoms. The van der Waals surface area contributed by atoms with Gasteiger partial charge in [-0.3, -0.25) is 0 Å². The SMILES string of the molecule is CNC(c1cc(F)ccc1OC)C1Cc2ccccc2O1. The van der Waals surface area contributed by atoms with Gasteiger partial charge in [-0.1, -0.05) is 18.2 Å². The standard InChI is InChI=1S/C17H18FNO2/c1-19-17(13-10-12(18)7-8-15(13)20-2)16-9-11-5-3-4-6-14(11)21-16/h3-8,10,16-17,19H,9H2,1-2H3. The molecule has 3 nitrogen and oxygen atoms in total. The first-order chi connectivity index (χ1) is 10.2. The normalized spacial score (nSPS) is 18.0. The van der Waals surface area contributed by atoms with Gasteiger partial charge in [0.05, 0.1) is 13.2 Å². The molecule has 0 saturated carbocycles. The number of rotatable bonds is 4. The number of nitrogens with one attached hydrogen (secondary N) is 1. The Balaban J connectivity index is 1.92. The van der Waals surface area contributed by atoms with Crippen LogP contribution in [0.25, 0.3) is 0 Å². The Labute approximate surface area is 123 Å². The quantitative estimate of drug-likeness (QED) is 0.937. The molecule has 0 radical (unpaired) electrons. The van der Waals surface area contributed by atoms with E-state index in [0.717, 1.165) is 17.7 Å². The lowest BCUT2D eigenvalue weighted by molar-refractivity contribution is 0.181. The monoisotopic (exact) mass is 287 g/mol. The Hall–Kier alpha value is -2.07. The fraction of sp³-hybridized carbons (Fsp3) is 0.294. The van der Waals surface area contributed by atoms with Gasteiger partial charge >= 0.3 is 0 Å². The van der Waals surface area contributed by atoms with Crippen LogP contribution in [-0.4, -0.2) is 20.3 Å². The summed E-state index contributed by atoms with van der Waals surface area (Å²) in [6.45, 7) is 0. The van der Waals surface area contributed by atoms with E-state index in [9.17, 15) is 4.39 Å². The minimum atomic E-state index is -0.276. The van der Waals surface area contributed by atoms with Crippen molar-refractivity contribution in [2.24, 2.45) is 0 Å². The summed E-state index contributed by atoms with van der Waals surface area (Å²) in [6.07, 6.45) is 0.713. The van der Waals surface area contributed by atoms with Crippen LogP contribution in [0, 0.1) is 5.82 Å². The van der Waals surface area contributed by atoms with Crippen molar-refractivity contribution in [2.45, 2.75) is 18.6 Å². The first-order valence-electron chi connectivity index (χ1n) is 6.98. The summed E-state index contributed by atoms with van der Waals surface area (Å²) in [5.74, 6) is 1.29. The number of methoxy groups -OCH3 is 1. The topological polar surface area (TPSA) is 30.5 Å². The number of benzene rings is 2. The van der Waals surface area contributed by atoms with E-state index in [-0.39, 0.29) is 18.0 Å². The van der Waals surface area contributed by atoms with Crippen LogP contribution in [0.2, 0.25) is 0 Å². The molecule has 0 bridgehead atoms. The van der Waals surface area contributed by atoms with Crippen LogP contribution >= 0.6 is 0 Å². The number of fused-ring (bicyclic) bond motifs is 1. The molecule has 0 amide bonds. The summed E-state index contributed by atoms with van der Waals surface area (Å²) < 4.78 is 25.0. The number of para-hydroxylation sites is 1. The number of hydrogen-bond donors (Lipinski definition) is 1. The summed E-state index contributed by atoms with van der Waals surface area (Å²) in [7, 11) is 3.44. The average molecular weight is 287 g/mol. The molecule has 0 saturated heterocycles. The summed E-state index contributed by atoms with van der Waals surface area (Å²) in [6, 6.07) is 12.4. The van der Waals surface area contributed by atoms with Gasteiger partial charge in [-0.2, -0.15) is 0 Å². The van der Waals surface area contributed by atoms with Crippen molar-refractivity contribution >= 4 is 0 Å². The van der Waals surface area contributed by atoms with Crippen LogP contribution in [0.3, 0.4) is 0 Å². The van der Waals surface area contributed by atoms with Crippen LogP contribution in [0.4, 0.5) is 4.39 Å². The number of halogens is 1. The van der Waals surface area contributed by atoms with Gasteiger partial charge in [0.2, 0.25) is 0 Å². The highest BCUT2D eigenvalue weighted by molar-refractivity contribution is 5.41. The summed E-state index contributed by atoms with van der Waals surface area (Å²) in [5, 5.41) is 3.23. The van der Waals surface area contributed by atoms with Gasteiger partial charge in [0.1, 0.15) is 23.4 Å². The van der Waals surface area contributed by atoms with Crippen LogP contribution < -0.4 is 14.8 Å². The molecular weight excluding hydrogens is 269 g/mol. The molecule has 1 aliphatic rings. The molecule has 4 heteroatoms. The third-order valence-electron chi connectivity index (χ3n) is 3.88. The smallest absolute Gasteiger partial charge is 0.123 e. The summed E-state index contributed by atoms with van der Waals surface area (Å²) in [4.78, 5) is 0. The second-order valence-corrected chi connectivity index (χ2v) is 5.12. The fourth-order valence-corrected chi connectivity index (χ4v) is 2.88. The average Bonchev–Trinajstić information content (AvgIpc) is 2.92. The highest BCUT2D eigenvalue weighted by atomic mass is 19.1. The van der Waals surface area contributed by atoms with E-state index in [4.69, 9.17) is 9.47 Å². The van der Waals surface area contributed by atoms with Crippen molar-refractivity contribution in [1.29, 1.82) is 0 Å². The molecule has 1 N–H and O–H groups in total. The second kappa shape index (κ2) is 5.74. The first kappa shape index (κ1) is 13.9. The molecule has 2 aromatic rings. The third kappa shape index (κ3) is 2.59. The highest BCUT2D eigenvalue weighted by Crippen LogP contribution is 2.36. The van der Waals surface area contributed by atoms with Gasteiger partial charge in [0.15, 0.2) is 0 Å². The minimum absolute atomic E-state index is 0.0805. The van der Waals surface area contributed by atoms with E-state index in [1.807, 2.05) is 25.2 Å². The largest absolute Gasteiger partial charge is 0.496 e. The van der Waals surface area contributed by atoms with Gasteiger partial charge in [-0.25, -0.2) is 4.39 Å². The lowest BCUT2D eigenvalue weighted by atomic mass is 9.97. The Morgan fingerprint density at radius 1 is 1.29 bits per heavy atom.